The fraction of sp³-hybridized carbons (Fsp3) is 0.562. The minimum absolute atomic E-state index is 0.00810. The van der Waals surface area contributed by atoms with Crippen molar-refractivity contribution in [2.24, 2.45) is 0 Å². The van der Waals surface area contributed by atoms with E-state index in [1.165, 1.54) is 0 Å². The highest BCUT2D eigenvalue weighted by Gasteiger charge is 2.09. The van der Waals surface area contributed by atoms with Crippen molar-refractivity contribution in [3.05, 3.63) is 29.8 Å². The largest absolute Gasteiger partial charge is 0.378 e. The number of likely N-dealkylation sites (N-methyl/N-ethyl adjacent to an activating group) is 1. The fourth-order valence-electron chi connectivity index (χ4n) is 1.91. The van der Waals surface area contributed by atoms with E-state index in [1.807, 2.05) is 43.3 Å². The van der Waals surface area contributed by atoms with E-state index < -0.39 is 0 Å². The van der Waals surface area contributed by atoms with Gasteiger partial charge < -0.3 is 15.1 Å². The molecule has 1 rings (SSSR count). The Kier molecular flexibility index (Phi) is 6.52. The van der Waals surface area contributed by atoms with Crippen LogP contribution >= 0.6 is 0 Å². The van der Waals surface area contributed by atoms with E-state index in [-0.39, 0.29) is 5.91 Å². The highest BCUT2D eigenvalue weighted by molar-refractivity contribution is 5.95. The number of benzene rings is 1. The third kappa shape index (κ3) is 4.85. The first-order chi connectivity index (χ1) is 9.45. The lowest BCUT2D eigenvalue weighted by Crippen LogP contribution is -2.37. The predicted molar refractivity (Wildman–Crippen MR) is 85.5 cm³/mol. The number of rotatable bonds is 7. The van der Waals surface area contributed by atoms with E-state index in [4.69, 9.17) is 0 Å². The molecule has 20 heavy (non-hydrogen) atoms. The molecule has 1 aromatic rings. The van der Waals surface area contributed by atoms with Gasteiger partial charge in [-0.3, -0.25) is 4.79 Å². The number of hydrogen-bond donors (Lipinski definition) is 1. The van der Waals surface area contributed by atoms with Crippen molar-refractivity contribution in [2.45, 2.75) is 26.3 Å². The molecule has 0 aliphatic heterocycles. The van der Waals surface area contributed by atoms with Gasteiger partial charge in [-0.25, -0.2) is 0 Å². The van der Waals surface area contributed by atoms with Crippen LogP contribution in [-0.4, -0.2) is 51.1 Å². The third-order valence-electron chi connectivity index (χ3n) is 3.72. The summed E-state index contributed by atoms with van der Waals surface area (Å²) in [5.74, 6) is -0.00810. The smallest absolute Gasteiger partial charge is 0.251 e. The van der Waals surface area contributed by atoms with Crippen LogP contribution in [0, 0.1) is 0 Å². The number of carbonyl (C=O) groups excluding carboxylic acids is 1. The monoisotopic (exact) mass is 277 g/mol. The van der Waals surface area contributed by atoms with Gasteiger partial charge in [0.15, 0.2) is 0 Å². The Morgan fingerprint density at radius 1 is 1.30 bits per heavy atom. The molecule has 4 heteroatoms. The molecule has 0 aliphatic carbocycles. The van der Waals surface area contributed by atoms with Gasteiger partial charge in [-0.1, -0.05) is 13.0 Å². The first-order valence-electron chi connectivity index (χ1n) is 7.21. The molecule has 1 amide bonds. The summed E-state index contributed by atoms with van der Waals surface area (Å²) in [6.07, 6.45) is 1.12. The second-order valence-electron chi connectivity index (χ2n) is 5.44. The molecule has 0 fully saturated rings. The molecule has 0 unspecified atom stereocenters. The van der Waals surface area contributed by atoms with E-state index in [2.05, 4.69) is 31.1 Å². The van der Waals surface area contributed by atoms with Gasteiger partial charge in [-0.05, 0) is 38.6 Å². The molecule has 0 bridgehead atoms. The molecule has 0 spiro atoms. The maximum atomic E-state index is 12.1. The second kappa shape index (κ2) is 7.90. The zero-order chi connectivity index (χ0) is 15.1. The van der Waals surface area contributed by atoms with Gasteiger partial charge in [0.25, 0.3) is 5.91 Å². The highest BCUT2D eigenvalue weighted by atomic mass is 16.1. The van der Waals surface area contributed by atoms with Crippen LogP contribution in [0.3, 0.4) is 0 Å². The number of anilines is 1. The van der Waals surface area contributed by atoms with Gasteiger partial charge in [-0.15, -0.1) is 0 Å². The predicted octanol–water partition coefficient (Wildman–Crippen LogP) is 2.21. The van der Waals surface area contributed by atoms with Crippen LogP contribution in [-0.2, 0) is 0 Å². The Hall–Kier alpha value is -1.55. The van der Waals surface area contributed by atoms with Crippen molar-refractivity contribution in [1.82, 2.24) is 10.2 Å². The Morgan fingerprint density at radius 3 is 2.60 bits per heavy atom. The van der Waals surface area contributed by atoms with E-state index >= 15 is 0 Å². The van der Waals surface area contributed by atoms with Crippen LogP contribution < -0.4 is 10.2 Å². The second-order valence-corrected chi connectivity index (χ2v) is 5.44. The first kappa shape index (κ1) is 16.5. The molecule has 0 heterocycles. The summed E-state index contributed by atoms with van der Waals surface area (Å²) in [5.41, 5.74) is 1.75. The number of carbonyl (C=O) groups is 1. The minimum atomic E-state index is -0.00810. The molecule has 1 N–H and O–H groups in total. The Morgan fingerprint density at radius 2 is 2.00 bits per heavy atom. The lowest BCUT2D eigenvalue weighted by molar-refractivity contribution is 0.0947. The van der Waals surface area contributed by atoms with Crippen LogP contribution in [0.5, 0.6) is 0 Å². The molecule has 1 atom stereocenters. The van der Waals surface area contributed by atoms with E-state index in [9.17, 15) is 4.79 Å². The van der Waals surface area contributed by atoms with Crippen LogP contribution in [0.15, 0.2) is 24.3 Å². The van der Waals surface area contributed by atoms with Gasteiger partial charge in [-0.2, -0.15) is 0 Å². The van der Waals surface area contributed by atoms with E-state index in [1.54, 1.807) is 0 Å². The van der Waals surface area contributed by atoms with Crippen molar-refractivity contribution in [1.29, 1.82) is 0 Å². The Labute approximate surface area is 122 Å². The van der Waals surface area contributed by atoms with E-state index in [0.29, 0.717) is 18.2 Å². The molecule has 0 saturated carbocycles. The maximum Gasteiger partial charge on any atom is 0.251 e. The van der Waals surface area contributed by atoms with Crippen LogP contribution in [0.25, 0.3) is 0 Å². The van der Waals surface area contributed by atoms with Crippen molar-refractivity contribution in [2.75, 3.05) is 39.1 Å². The van der Waals surface area contributed by atoms with E-state index in [0.717, 1.165) is 18.7 Å². The SMILES string of the molecule is CC[C@@H](C)N(C)CCNC(=O)c1cccc(N(C)C)c1. The maximum absolute atomic E-state index is 12.1. The normalized spacial score (nSPS) is 12.3. The van der Waals surface area contributed by atoms with Crippen LogP contribution in [0.4, 0.5) is 5.69 Å². The lowest BCUT2D eigenvalue weighted by atomic mass is 10.2. The zero-order valence-corrected chi connectivity index (χ0v) is 13.3. The van der Waals surface area contributed by atoms with Crippen molar-refractivity contribution >= 4 is 11.6 Å². The summed E-state index contributed by atoms with van der Waals surface area (Å²) >= 11 is 0. The summed E-state index contributed by atoms with van der Waals surface area (Å²) in [6.45, 7) is 5.91. The number of hydrogen-bond acceptors (Lipinski definition) is 3. The summed E-state index contributed by atoms with van der Waals surface area (Å²) < 4.78 is 0. The van der Waals surface area contributed by atoms with Crippen molar-refractivity contribution < 1.29 is 4.79 Å². The average molecular weight is 277 g/mol. The van der Waals surface area contributed by atoms with Crippen molar-refractivity contribution in [3.63, 3.8) is 0 Å². The average Bonchev–Trinajstić information content (AvgIpc) is 2.46. The van der Waals surface area contributed by atoms with Gasteiger partial charge in [0.2, 0.25) is 0 Å². The number of nitrogens with zero attached hydrogens (tertiary/aromatic N) is 2. The molecule has 0 radical (unpaired) electrons. The topological polar surface area (TPSA) is 35.6 Å². The summed E-state index contributed by atoms with van der Waals surface area (Å²) in [7, 11) is 6.03. The fourth-order valence-corrected chi connectivity index (χ4v) is 1.91. The summed E-state index contributed by atoms with van der Waals surface area (Å²) in [5, 5.41) is 2.98. The molecular formula is C16H27N3O. The molecule has 0 aromatic heterocycles. The Bertz CT molecular complexity index is 431. The molecule has 4 nitrogen and oxygen atoms in total. The number of amides is 1. The molecular weight excluding hydrogens is 250 g/mol. The highest BCUT2D eigenvalue weighted by Crippen LogP contribution is 2.13. The quantitative estimate of drug-likeness (QED) is 0.830. The first-order valence-corrected chi connectivity index (χ1v) is 7.21. The molecule has 0 aliphatic rings. The van der Waals surface area contributed by atoms with Crippen LogP contribution in [0.2, 0.25) is 0 Å². The molecule has 1 aromatic carbocycles. The van der Waals surface area contributed by atoms with Gasteiger partial charge in [0, 0.05) is 44.5 Å². The van der Waals surface area contributed by atoms with Gasteiger partial charge in [0.1, 0.15) is 0 Å². The molecule has 0 saturated heterocycles. The molecule has 112 valence electrons. The third-order valence-corrected chi connectivity index (χ3v) is 3.72. The van der Waals surface area contributed by atoms with Crippen molar-refractivity contribution in [3.8, 4) is 0 Å². The Balaban J connectivity index is 2.49. The number of nitrogens with one attached hydrogen (secondary N) is 1. The minimum Gasteiger partial charge on any atom is -0.378 e. The summed E-state index contributed by atoms with van der Waals surface area (Å²) in [4.78, 5) is 16.3. The standard InChI is InChI=1S/C16H27N3O/c1-6-13(2)19(5)11-10-17-16(20)14-8-7-9-15(12-14)18(3)4/h7-9,12-13H,6,10-11H2,1-5H3,(H,17,20)/t13-/m1/s1. The zero-order valence-electron chi connectivity index (χ0n) is 13.3. The summed E-state index contributed by atoms with van der Waals surface area (Å²) in [6, 6.07) is 8.21. The van der Waals surface area contributed by atoms with Gasteiger partial charge in [0.05, 0.1) is 0 Å². The van der Waals surface area contributed by atoms with Crippen LogP contribution in [0.1, 0.15) is 30.6 Å². The van der Waals surface area contributed by atoms with Gasteiger partial charge >= 0.3 is 0 Å². The lowest BCUT2D eigenvalue weighted by Gasteiger charge is -2.23.